The molecule has 0 saturated heterocycles. The lowest BCUT2D eigenvalue weighted by Gasteiger charge is -2.05. The molecule has 5 heteroatoms. The van der Waals surface area contributed by atoms with E-state index < -0.39 is 0 Å². The summed E-state index contributed by atoms with van der Waals surface area (Å²) in [5.74, 6) is 0.527. The molecular weight excluding hydrogens is 260 g/mol. The van der Waals surface area contributed by atoms with Crippen LogP contribution in [0.3, 0.4) is 0 Å². The van der Waals surface area contributed by atoms with Crippen LogP contribution in [0.5, 0.6) is 0 Å². The quantitative estimate of drug-likeness (QED) is 0.622. The number of hydrogen-bond acceptors (Lipinski definition) is 4. The molecule has 0 fully saturated rings. The third-order valence-corrected chi connectivity index (χ3v) is 3.84. The van der Waals surface area contributed by atoms with Gasteiger partial charge < -0.3 is 9.30 Å². The molecule has 4 nitrogen and oxygen atoms in total. The van der Waals surface area contributed by atoms with Crippen molar-refractivity contribution in [2.24, 2.45) is 0 Å². The summed E-state index contributed by atoms with van der Waals surface area (Å²) in [4.78, 5) is 15.6. The molecule has 0 saturated carbocycles. The maximum absolute atomic E-state index is 11.3. The zero-order chi connectivity index (χ0) is 13.7. The number of carbonyl (C=O) groups excluding carboxylic acids is 1. The van der Waals surface area contributed by atoms with Crippen molar-refractivity contribution >= 4 is 17.7 Å². The van der Waals surface area contributed by atoms with E-state index in [0.717, 1.165) is 23.0 Å². The van der Waals surface area contributed by atoms with Gasteiger partial charge in [0.25, 0.3) is 0 Å². The van der Waals surface area contributed by atoms with Crippen LogP contribution in [-0.4, -0.2) is 22.6 Å². The van der Waals surface area contributed by atoms with Gasteiger partial charge in [-0.05, 0) is 24.6 Å². The van der Waals surface area contributed by atoms with E-state index in [1.165, 1.54) is 7.11 Å². The minimum Gasteiger partial charge on any atom is -0.465 e. The Balaban J connectivity index is 1.98. The molecular formula is C14H16N2O2S. The number of aromatic nitrogens is 2. The van der Waals surface area contributed by atoms with E-state index in [0.29, 0.717) is 5.56 Å². The maximum Gasteiger partial charge on any atom is 0.337 e. The van der Waals surface area contributed by atoms with Crippen LogP contribution < -0.4 is 0 Å². The van der Waals surface area contributed by atoms with Gasteiger partial charge >= 0.3 is 5.97 Å². The van der Waals surface area contributed by atoms with Crippen LogP contribution in [0.1, 0.15) is 22.8 Å². The Morgan fingerprint density at radius 2 is 2.11 bits per heavy atom. The van der Waals surface area contributed by atoms with Gasteiger partial charge in [0.15, 0.2) is 5.16 Å². The van der Waals surface area contributed by atoms with Crippen molar-refractivity contribution in [3.05, 3.63) is 47.8 Å². The fraction of sp³-hybridized carbons (Fsp3) is 0.286. The number of benzene rings is 1. The highest BCUT2D eigenvalue weighted by Crippen LogP contribution is 2.21. The largest absolute Gasteiger partial charge is 0.465 e. The van der Waals surface area contributed by atoms with Crippen molar-refractivity contribution in [2.45, 2.75) is 24.4 Å². The normalized spacial score (nSPS) is 10.4. The van der Waals surface area contributed by atoms with Crippen molar-refractivity contribution < 1.29 is 9.53 Å². The summed E-state index contributed by atoms with van der Waals surface area (Å²) < 4.78 is 6.77. The van der Waals surface area contributed by atoms with Crippen LogP contribution in [-0.2, 0) is 17.0 Å². The van der Waals surface area contributed by atoms with Gasteiger partial charge in [-0.15, -0.1) is 0 Å². The van der Waals surface area contributed by atoms with Crippen LogP contribution in [0.4, 0.5) is 0 Å². The Labute approximate surface area is 116 Å². The van der Waals surface area contributed by atoms with Gasteiger partial charge in [-0.1, -0.05) is 23.9 Å². The summed E-state index contributed by atoms with van der Waals surface area (Å²) in [7, 11) is 1.39. The first kappa shape index (κ1) is 13.7. The average Bonchev–Trinajstić information content (AvgIpc) is 2.92. The number of methoxy groups -OCH3 is 1. The molecule has 100 valence electrons. The smallest absolute Gasteiger partial charge is 0.337 e. The first-order valence-corrected chi connectivity index (χ1v) is 7.04. The molecule has 0 N–H and O–H groups in total. The lowest BCUT2D eigenvalue weighted by molar-refractivity contribution is 0.0600. The molecule has 0 atom stereocenters. The summed E-state index contributed by atoms with van der Waals surface area (Å²) in [6.07, 6.45) is 3.79. The van der Waals surface area contributed by atoms with Gasteiger partial charge in [0.05, 0.1) is 12.7 Å². The second-order valence-electron chi connectivity index (χ2n) is 3.97. The summed E-state index contributed by atoms with van der Waals surface area (Å²) in [5, 5.41) is 1.01. The highest BCUT2D eigenvalue weighted by Gasteiger charge is 2.06. The molecule has 1 heterocycles. The zero-order valence-corrected chi connectivity index (χ0v) is 11.8. The monoisotopic (exact) mass is 276 g/mol. The van der Waals surface area contributed by atoms with Gasteiger partial charge in [0.1, 0.15) is 0 Å². The number of carbonyl (C=O) groups is 1. The number of aryl methyl sites for hydroxylation is 1. The van der Waals surface area contributed by atoms with Crippen LogP contribution in [0.15, 0.2) is 41.8 Å². The first-order valence-electron chi connectivity index (χ1n) is 6.05. The molecule has 0 aliphatic heterocycles. The summed E-state index contributed by atoms with van der Waals surface area (Å²) in [6, 6.07) is 7.46. The molecule has 0 unspecified atom stereocenters. The van der Waals surface area contributed by atoms with E-state index >= 15 is 0 Å². The van der Waals surface area contributed by atoms with Gasteiger partial charge in [-0.2, -0.15) is 0 Å². The minimum atomic E-state index is -0.305. The summed E-state index contributed by atoms with van der Waals surface area (Å²) in [5.41, 5.74) is 1.73. The third-order valence-electron chi connectivity index (χ3n) is 2.76. The van der Waals surface area contributed by atoms with Crippen molar-refractivity contribution in [3.63, 3.8) is 0 Å². The van der Waals surface area contributed by atoms with E-state index in [1.807, 2.05) is 24.5 Å². The van der Waals surface area contributed by atoms with Crippen LogP contribution in [0.25, 0.3) is 0 Å². The number of esters is 1. The van der Waals surface area contributed by atoms with E-state index in [4.69, 9.17) is 0 Å². The molecule has 1 aromatic heterocycles. The topological polar surface area (TPSA) is 44.1 Å². The number of hydrogen-bond donors (Lipinski definition) is 0. The number of ether oxygens (including phenoxy) is 1. The summed E-state index contributed by atoms with van der Waals surface area (Å²) in [6.45, 7) is 3.01. The fourth-order valence-corrected chi connectivity index (χ4v) is 2.66. The number of imidazole rings is 1. The van der Waals surface area contributed by atoms with E-state index in [2.05, 4.69) is 21.2 Å². The van der Waals surface area contributed by atoms with E-state index in [-0.39, 0.29) is 5.97 Å². The van der Waals surface area contributed by atoms with Crippen molar-refractivity contribution in [2.75, 3.05) is 7.11 Å². The second kappa shape index (κ2) is 6.43. The molecule has 0 radical (unpaired) electrons. The number of rotatable bonds is 5. The highest BCUT2D eigenvalue weighted by molar-refractivity contribution is 7.98. The Morgan fingerprint density at radius 1 is 1.37 bits per heavy atom. The predicted octanol–water partition coefficient (Wildman–Crippen LogP) is 2.98. The van der Waals surface area contributed by atoms with E-state index in [9.17, 15) is 4.79 Å². The van der Waals surface area contributed by atoms with Gasteiger partial charge in [0.2, 0.25) is 0 Å². The standard InChI is InChI=1S/C14H16N2O2S/c1-3-16-9-8-15-14(16)19-10-11-4-6-12(7-5-11)13(17)18-2/h4-9H,3,10H2,1-2H3. The Kier molecular flexibility index (Phi) is 4.63. The van der Waals surface area contributed by atoms with Gasteiger partial charge in [0, 0.05) is 24.7 Å². The molecule has 1 aromatic carbocycles. The van der Waals surface area contributed by atoms with Crippen LogP contribution >= 0.6 is 11.8 Å². The van der Waals surface area contributed by atoms with E-state index in [1.54, 1.807) is 23.9 Å². The zero-order valence-electron chi connectivity index (χ0n) is 11.0. The second-order valence-corrected chi connectivity index (χ2v) is 4.92. The Morgan fingerprint density at radius 3 is 2.74 bits per heavy atom. The average molecular weight is 276 g/mol. The number of nitrogens with zero attached hydrogens (tertiary/aromatic N) is 2. The highest BCUT2D eigenvalue weighted by atomic mass is 32.2. The molecule has 0 aliphatic carbocycles. The lowest BCUT2D eigenvalue weighted by atomic mass is 10.1. The van der Waals surface area contributed by atoms with Crippen molar-refractivity contribution in [1.29, 1.82) is 0 Å². The third kappa shape index (κ3) is 3.38. The molecule has 0 amide bonds. The minimum absolute atomic E-state index is 0.305. The molecule has 0 spiro atoms. The summed E-state index contributed by atoms with van der Waals surface area (Å²) >= 11 is 1.69. The van der Waals surface area contributed by atoms with Crippen LogP contribution in [0, 0.1) is 0 Å². The lowest BCUT2D eigenvalue weighted by Crippen LogP contribution is -2.00. The predicted molar refractivity (Wildman–Crippen MR) is 75.2 cm³/mol. The maximum atomic E-state index is 11.3. The van der Waals surface area contributed by atoms with Crippen molar-refractivity contribution in [3.8, 4) is 0 Å². The molecule has 2 rings (SSSR count). The first-order chi connectivity index (χ1) is 9.24. The van der Waals surface area contributed by atoms with Crippen LogP contribution in [0.2, 0.25) is 0 Å². The Hall–Kier alpha value is -1.75. The van der Waals surface area contributed by atoms with Crippen molar-refractivity contribution in [1.82, 2.24) is 9.55 Å². The Bertz CT molecular complexity index is 549. The molecule has 19 heavy (non-hydrogen) atoms. The molecule has 0 bridgehead atoms. The number of thioether (sulfide) groups is 1. The fourth-order valence-electron chi connectivity index (χ4n) is 1.68. The molecule has 2 aromatic rings. The molecule has 0 aliphatic rings. The SMILES string of the molecule is CCn1ccnc1SCc1ccc(C(=O)OC)cc1. The van der Waals surface area contributed by atoms with Gasteiger partial charge in [-0.25, -0.2) is 9.78 Å². The van der Waals surface area contributed by atoms with Gasteiger partial charge in [-0.3, -0.25) is 0 Å².